The lowest BCUT2D eigenvalue weighted by Gasteiger charge is -2.24. The molecule has 2 heterocycles. The van der Waals surface area contributed by atoms with Gasteiger partial charge < -0.3 is 15.0 Å². The molecule has 1 amide bonds. The number of carbonyl (C=O) groups is 2. The van der Waals surface area contributed by atoms with Crippen molar-refractivity contribution in [3.05, 3.63) is 71.0 Å². The number of halogens is 1. The third-order valence-corrected chi connectivity index (χ3v) is 6.59. The first-order valence-corrected chi connectivity index (χ1v) is 12.4. The van der Waals surface area contributed by atoms with Gasteiger partial charge in [-0.05, 0) is 87.2 Å². The smallest absolute Gasteiger partial charge is 0.292 e. The molecule has 9 heteroatoms. The van der Waals surface area contributed by atoms with E-state index in [0.717, 1.165) is 44.3 Å². The molecule has 1 saturated carbocycles. The van der Waals surface area contributed by atoms with Gasteiger partial charge in [-0.1, -0.05) is 17.7 Å². The Kier molecular flexibility index (Phi) is 7.11. The highest BCUT2D eigenvalue weighted by Crippen LogP contribution is 2.32. The Hall–Kier alpha value is -3.23. The van der Waals surface area contributed by atoms with Crippen LogP contribution in [0.5, 0.6) is 5.75 Å². The molecule has 1 unspecified atom stereocenters. The van der Waals surface area contributed by atoms with Crippen LogP contribution in [0.2, 0.25) is 5.02 Å². The fourth-order valence-electron chi connectivity index (χ4n) is 4.33. The molecular formula is C26H28ClN5O3. The van der Waals surface area contributed by atoms with Crippen molar-refractivity contribution in [1.82, 2.24) is 25.2 Å². The molecule has 8 nitrogen and oxygen atoms in total. The molecule has 0 radical (unpaired) electrons. The number of Topliss-reactive ketones (excluding diaryl/α,β-unsaturated/α-hetero) is 1. The van der Waals surface area contributed by atoms with Crippen molar-refractivity contribution >= 4 is 23.3 Å². The Morgan fingerprint density at radius 3 is 2.43 bits per heavy atom. The van der Waals surface area contributed by atoms with Crippen molar-refractivity contribution in [1.29, 1.82) is 0 Å². The van der Waals surface area contributed by atoms with E-state index < -0.39 is 11.7 Å². The molecule has 1 aliphatic heterocycles. The third-order valence-electron chi connectivity index (χ3n) is 6.29. The van der Waals surface area contributed by atoms with E-state index in [1.54, 1.807) is 36.7 Å². The molecule has 182 valence electrons. The van der Waals surface area contributed by atoms with Crippen molar-refractivity contribution < 1.29 is 14.3 Å². The number of nitrogens with zero attached hydrogens (tertiary/aromatic N) is 4. The quantitative estimate of drug-likeness (QED) is 0.343. The summed E-state index contributed by atoms with van der Waals surface area (Å²) in [7, 11) is 0. The van der Waals surface area contributed by atoms with E-state index in [2.05, 4.69) is 20.4 Å². The minimum atomic E-state index is -0.612. The average Bonchev–Trinajstić information content (AvgIpc) is 3.28. The maximum Gasteiger partial charge on any atom is 0.292 e. The molecule has 0 bridgehead atoms. The first-order valence-electron chi connectivity index (χ1n) is 12.0. The number of ether oxygens (including phenoxy) is 1. The molecule has 1 saturated heterocycles. The van der Waals surface area contributed by atoms with Gasteiger partial charge in [-0.2, -0.15) is 15.0 Å². The molecule has 5 rings (SSSR count). The largest absolute Gasteiger partial charge is 0.489 e. The van der Waals surface area contributed by atoms with Crippen molar-refractivity contribution in [3.8, 4) is 11.4 Å². The van der Waals surface area contributed by atoms with Gasteiger partial charge in [0.25, 0.3) is 5.91 Å². The highest BCUT2D eigenvalue weighted by molar-refractivity contribution is 6.42. The minimum Gasteiger partial charge on any atom is -0.489 e. The van der Waals surface area contributed by atoms with Crippen LogP contribution in [0.25, 0.3) is 5.69 Å². The molecular weight excluding hydrogens is 466 g/mol. The summed E-state index contributed by atoms with van der Waals surface area (Å²) in [4.78, 5) is 29.6. The number of benzene rings is 2. The summed E-state index contributed by atoms with van der Waals surface area (Å²) in [6, 6.07) is 12.2. The van der Waals surface area contributed by atoms with Gasteiger partial charge in [-0.15, -0.1) is 0 Å². The summed E-state index contributed by atoms with van der Waals surface area (Å²) in [5.41, 5.74) is 2.03. The normalized spacial score (nSPS) is 16.7. The molecule has 2 aliphatic rings. The van der Waals surface area contributed by atoms with Crippen molar-refractivity contribution in [2.75, 3.05) is 19.6 Å². The van der Waals surface area contributed by atoms with Crippen LogP contribution in [0.3, 0.4) is 0 Å². The molecule has 1 aliphatic carbocycles. The molecule has 0 spiro atoms. The fourth-order valence-corrected chi connectivity index (χ4v) is 4.58. The van der Waals surface area contributed by atoms with Gasteiger partial charge >= 0.3 is 0 Å². The van der Waals surface area contributed by atoms with E-state index in [-0.39, 0.29) is 12.1 Å². The molecule has 1 aromatic heterocycles. The van der Waals surface area contributed by atoms with E-state index in [4.69, 9.17) is 16.3 Å². The number of likely N-dealkylation sites (tertiary alicyclic amines) is 1. The molecule has 1 atom stereocenters. The minimum absolute atomic E-state index is 0.219. The number of aromatic nitrogens is 3. The summed E-state index contributed by atoms with van der Waals surface area (Å²) >= 11 is 6.45. The summed E-state index contributed by atoms with van der Waals surface area (Å²) in [6.45, 7) is 2.68. The van der Waals surface area contributed by atoms with Gasteiger partial charge in [-0.25, -0.2) is 0 Å². The van der Waals surface area contributed by atoms with Gasteiger partial charge in [0, 0.05) is 18.2 Å². The van der Waals surface area contributed by atoms with Crippen molar-refractivity contribution in [3.63, 3.8) is 0 Å². The van der Waals surface area contributed by atoms with E-state index in [1.165, 1.54) is 4.80 Å². The zero-order chi connectivity index (χ0) is 24.2. The fraction of sp³-hybridized carbons (Fsp3) is 0.385. The lowest BCUT2D eigenvalue weighted by molar-refractivity contribution is -0.117. The third kappa shape index (κ3) is 6.07. The Balaban J connectivity index is 1.26. The predicted molar refractivity (Wildman–Crippen MR) is 132 cm³/mol. The Labute approximate surface area is 209 Å². The van der Waals surface area contributed by atoms with Crippen LogP contribution < -0.4 is 10.1 Å². The first-order chi connectivity index (χ1) is 17.0. The van der Waals surface area contributed by atoms with Gasteiger partial charge in [0.05, 0.1) is 29.2 Å². The highest BCUT2D eigenvalue weighted by Gasteiger charge is 2.26. The Morgan fingerprint density at radius 1 is 1.06 bits per heavy atom. The first kappa shape index (κ1) is 23.5. The van der Waals surface area contributed by atoms with Crippen molar-refractivity contribution in [2.24, 2.45) is 0 Å². The van der Waals surface area contributed by atoms with Crippen LogP contribution in [0.15, 0.2) is 54.9 Å². The number of nitrogens with one attached hydrogen (secondary N) is 1. The number of rotatable bonds is 10. The SMILES string of the molecule is O=C(NC(Cc1ccc(OC2CC2)c(Cl)c1)CN1CCCC1)C(=O)c1ccc(-n2nccn2)cc1. The maximum atomic E-state index is 12.9. The molecule has 3 aromatic rings. The van der Waals surface area contributed by atoms with Crippen LogP contribution in [0.1, 0.15) is 41.6 Å². The molecule has 1 N–H and O–H groups in total. The van der Waals surface area contributed by atoms with E-state index >= 15 is 0 Å². The Bertz CT molecular complexity index is 1170. The summed E-state index contributed by atoms with van der Waals surface area (Å²) in [5.74, 6) is -0.483. The van der Waals surface area contributed by atoms with E-state index in [9.17, 15) is 9.59 Å². The van der Waals surface area contributed by atoms with Crippen LogP contribution in [-0.2, 0) is 11.2 Å². The second kappa shape index (κ2) is 10.6. The zero-order valence-electron chi connectivity index (χ0n) is 19.4. The molecule has 35 heavy (non-hydrogen) atoms. The lowest BCUT2D eigenvalue weighted by atomic mass is 10.0. The number of amides is 1. The highest BCUT2D eigenvalue weighted by atomic mass is 35.5. The van der Waals surface area contributed by atoms with Crippen molar-refractivity contribution in [2.45, 2.75) is 44.2 Å². The van der Waals surface area contributed by atoms with Crippen LogP contribution >= 0.6 is 11.6 Å². The van der Waals surface area contributed by atoms with Crippen LogP contribution in [0, 0.1) is 0 Å². The topological polar surface area (TPSA) is 89.4 Å². The predicted octanol–water partition coefficient (Wildman–Crippen LogP) is 3.47. The lowest BCUT2D eigenvalue weighted by Crippen LogP contribution is -2.46. The second-order valence-electron chi connectivity index (χ2n) is 9.16. The summed E-state index contributed by atoms with van der Waals surface area (Å²) in [5, 5.41) is 11.7. The van der Waals surface area contributed by atoms with Crippen LogP contribution in [-0.4, -0.2) is 63.4 Å². The zero-order valence-corrected chi connectivity index (χ0v) is 20.2. The number of ketones is 1. The monoisotopic (exact) mass is 493 g/mol. The van der Waals surface area contributed by atoms with E-state index in [1.807, 2.05) is 18.2 Å². The number of hydrogen-bond donors (Lipinski definition) is 1. The number of hydrogen-bond acceptors (Lipinski definition) is 6. The van der Waals surface area contributed by atoms with Gasteiger partial charge in [0.2, 0.25) is 5.78 Å². The maximum absolute atomic E-state index is 12.9. The molecule has 2 fully saturated rings. The average molecular weight is 494 g/mol. The van der Waals surface area contributed by atoms with E-state index in [0.29, 0.717) is 35.0 Å². The number of carbonyl (C=O) groups excluding carboxylic acids is 2. The van der Waals surface area contributed by atoms with Crippen LogP contribution in [0.4, 0.5) is 0 Å². The molecule has 2 aromatic carbocycles. The van der Waals surface area contributed by atoms with Gasteiger partial charge in [-0.3, -0.25) is 9.59 Å². The Morgan fingerprint density at radius 2 is 1.77 bits per heavy atom. The standard InChI is InChI=1S/C26H28ClN5O3/c27-23-16-18(3-10-24(23)35-22-8-9-22)15-20(17-31-13-1-2-14-31)30-26(34)25(33)19-4-6-21(7-5-19)32-28-11-12-29-32/h3-7,10-12,16,20,22H,1-2,8-9,13-15,17H2,(H,30,34). The van der Waals surface area contributed by atoms with Gasteiger partial charge in [0.15, 0.2) is 0 Å². The summed E-state index contributed by atoms with van der Waals surface area (Å²) < 4.78 is 5.84. The van der Waals surface area contributed by atoms with Gasteiger partial charge in [0.1, 0.15) is 5.75 Å². The second-order valence-corrected chi connectivity index (χ2v) is 9.57. The summed E-state index contributed by atoms with van der Waals surface area (Å²) in [6.07, 6.45) is 8.44.